The van der Waals surface area contributed by atoms with Crippen LogP contribution in [0.4, 0.5) is 0 Å². The summed E-state index contributed by atoms with van der Waals surface area (Å²) in [4.78, 5) is 4.37. The summed E-state index contributed by atoms with van der Waals surface area (Å²) in [5.74, 6) is 0. The van der Waals surface area contributed by atoms with Crippen LogP contribution < -0.4 is 11.5 Å². The molecule has 0 spiro atoms. The fraction of sp³-hybridized carbons (Fsp3) is 0.500. The van der Waals surface area contributed by atoms with E-state index in [4.69, 9.17) is 11.5 Å². The van der Waals surface area contributed by atoms with Gasteiger partial charge in [0, 0.05) is 23.9 Å². The van der Waals surface area contributed by atoms with Crippen molar-refractivity contribution in [3.63, 3.8) is 0 Å². The molecule has 0 fully saturated rings. The number of rotatable bonds is 3. The summed E-state index contributed by atoms with van der Waals surface area (Å²) in [6.45, 7) is 4.59. The van der Waals surface area contributed by atoms with Gasteiger partial charge in [-0.05, 0) is 38.1 Å². The Hall–Kier alpha value is -0.640. The fourth-order valence-corrected chi connectivity index (χ4v) is 1.31. The molecule has 3 nitrogen and oxygen atoms in total. The second kappa shape index (κ2) is 5.96. The average Bonchev–Trinajstić information content (AvgIpc) is 2.03. The highest BCUT2D eigenvalue weighted by molar-refractivity contribution is 5.85. The van der Waals surface area contributed by atoms with Crippen molar-refractivity contribution in [3.05, 3.63) is 29.1 Å². The van der Waals surface area contributed by atoms with Gasteiger partial charge in [0.25, 0.3) is 0 Å². The third-order valence-electron chi connectivity index (χ3n) is 1.96. The maximum atomic E-state index is 5.79. The van der Waals surface area contributed by atoms with Crippen LogP contribution in [0.3, 0.4) is 0 Å². The Morgan fingerprint density at radius 2 is 2.07 bits per heavy atom. The number of hydrogen-bond donors (Lipinski definition) is 2. The Labute approximate surface area is 91.3 Å². The van der Waals surface area contributed by atoms with Crippen LogP contribution in [-0.4, -0.2) is 11.5 Å². The predicted octanol–water partition coefficient (Wildman–Crippen LogP) is 1.33. The lowest BCUT2D eigenvalue weighted by atomic mass is 10.1. The SMILES string of the molecule is Cc1cc(C(C)N)cc(CCN)n1.Cl. The highest BCUT2D eigenvalue weighted by Crippen LogP contribution is 2.12. The van der Waals surface area contributed by atoms with E-state index in [1.54, 1.807) is 0 Å². The number of hydrogen-bond acceptors (Lipinski definition) is 3. The third-order valence-corrected chi connectivity index (χ3v) is 1.96. The molecule has 0 radical (unpaired) electrons. The molecule has 0 aromatic carbocycles. The molecule has 1 aromatic heterocycles. The molecule has 0 aliphatic rings. The molecule has 1 atom stereocenters. The van der Waals surface area contributed by atoms with Crippen molar-refractivity contribution >= 4 is 12.4 Å². The lowest BCUT2D eigenvalue weighted by Gasteiger charge is -2.08. The van der Waals surface area contributed by atoms with Gasteiger partial charge in [0.2, 0.25) is 0 Å². The van der Waals surface area contributed by atoms with Crippen LogP contribution in [0.25, 0.3) is 0 Å². The molecule has 0 aliphatic carbocycles. The smallest absolute Gasteiger partial charge is 0.0422 e. The third kappa shape index (κ3) is 3.62. The summed E-state index contributed by atoms with van der Waals surface area (Å²) in [5, 5.41) is 0. The summed E-state index contributed by atoms with van der Waals surface area (Å²) in [6, 6.07) is 4.12. The van der Waals surface area contributed by atoms with Crippen molar-refractivity contribution in [3.8, 4) is 0 Å². The number of halogens is 1. The normalized spacial score (nSPS) is 12.0. The molecular formula is C10H18ClN3. The minimum Gasteiger partial charge on any atom is -0.330 e. The number of pyridine rings is 1. The summed E-state index contributed by atoms with van der Waals surface area (Å²) < 4.78 is 0. The molecule has 4 heteroatoms. The van der Waals surface area contributed by atoms with Gasteiger partial charge in [-0.15, -0.1) is 12.4 Å². The van der Waals surface area contributed by atoms with E-state index in [9.17, 15) is 0 Å². The number of nitrogens with two attached hydrogens (primary N) is 2. The monoisotopic (exact) mass is 215 g/mol. The van der Waals surface area contributed by atoms with Crippen LogP contribution in [0.15, 0.2) is 12.1 Å². The van der Waals surface area contributed by atoms with Crippen molar-refractivity contribution in [2.75, 3.05) is 6.54 Å². The van der Waals surface area contributed by atoms with Gasteiger partial charge in [-0.3, -0.25) is 4.98 Å². The summed E-state index contributed by atoms with van der Waals surface area (Å²) in [7, 11) is 0. The van der Waals surface area contributed by atoms with E-state index in [0.29, 0.717) is 6.54 Å². The zero-order valence-corrected chi connectivity index (χ0v) is 9.47. The molecule has 80 valence electrons. The Kier molecular flexibility index (Phi) is 5.69. The number of nitrogens with zero attached hydrogens (tertiary/aromatic N) is 1. The van der Waals surface area contributed by atoms with Gasteiger partial charge in [0.15, 0.2) is 0 Å². The highest BCUT2D eigenvalue weighted by Gasteiger charge is 2.03. The lowest BCUT2D eigenvalue weighted by Crippen LogP contribution is -2.09. The van der Waals surface area contributed by atoms with Gasteiger partial charge in [-0.1, -0.05) is 0 Å². The Morgan fingerprint density at radius 1 is 1.43 bits per heavy atom. The van der Waals surface area contributed by atoms with Crippen LogP contribution >= 0.6 is 12.4 Å². The van der Waals surface area contributed by atoms with Crippen LogP contribution in [0, 0.1) is 6.92 Å². The molecule has 1 heterocycles. The van der Waals surface area contributed by atoms with Crippen molar-refractivity contribution in [1.29, 1.82) is 0 Å². The summed E-state index contributed by atoms with van der Waals surface area (Å²) >= 11 is 0. The van der Waals surface area contributed by atoms with Crippen LogP contribution in [-0.2, 0) is 6.42 Å². The van der Waals surface area contributed by atoms with Crippen molar-refractivity contribution in [2.45, 2.75) is 26.3 Å². The van der Waals surface area contributed by atoms with Gasteiger partial charge < -0.3 is 11.5 Å². The zero-order valence-electron chi connectivity index (χ0n) is 8.66. The van der Waals surface area contributed by atoms with Gasteiger partial charge in [-0.25, -0.2) is 0 Å². The molecular weight excluding hydrogens is 198 g/mol. The Balaban J connectivity index is 0.00000169. The Morgan fingerprint density at radius 3 is 2.57 bits per heavy atom. The molecule has 0 amide bonds. The van der Waals surface area contributed by atoms with E-state index in [1.165, 1.54) is 0 Å². The molecule has 0 saturated heterocycles. The molecule has 0 saturated carbocycles. The molecule has 0 aliphatic heterocycles. The summed E-state index contributed by atoms with van der Waals surface area (Å²) in [6.07, 6.45) is 0.821. The first-order valence-electron chi connectivity index (χ1n) is 4.56. The van der Waals surface area contributed by atoms with Gasteiger partial charge >= 0.3 is 0 Å². The zero-order chi connectivity index (χ0) is 9.84. The van der Waals surface area contributed by atoms with E-state index < -0.39 is 0 Å². The van der Waals surface area contributed by atoms with Crippen LogP contribution in [0.2, 0.25) is 0 Å². The lowest BCUT2D eigenvalue weighted by molar-refractivity contribution is 0.801. The molecule has 4 N–H and O–H groups in total. The van der Waals surface area contributed by atoms with Gasteiger partial charge in [-0.2, -0.15) is 0 Å². The van der Waals surface area contributed by atoms with Crippen molar-refractivity contribution in [2.24, 2.45) is 11.5 Å². The van der Waals surface area contributed by atoms with Crippen LogP contribution in [0.1, 0.15) is 29.9 Å². The minimum absolute atomic E-state index is 0. The maximum Gasteiger partial charge on any atom is 0.0422 e. The summed E-state index contributed by atoms with van der Waals surface area (Å²) in [5.41, 5.74) is 14.4. The van der Waals surface area contributed by atoms with E-state index >= 15 is 0 Å². The van der Waals surface area contributed by atoms with Crippen LogP contribution in [0.5, 0.6) is 0 Å². The van der Waals surface area contributed by atoms with Crippen molar-refractivity contribution in [1.82, 2.24) is 4.98 Å². The molecule has 1 rings (SSSR count). The quantitative estimate of drug-likeness (QED) is 0.800. The first-order chi connectivity index (χ1) is 6.13. The average molecular weight is 216 g/mol. The topological polar surface area (TPSA) is 64.9 Å². The number of aromatic nitrogens is 1. The molecule has 1 aromatic rings. The highest BCUT2D eigenvalue weighted by atomic mass is 35.5. The largest absolute Gasteiger partial charge is 0.330 e. The first kappa shape index (κ1) is 13.4. The molecule has 14 heavy (non-hydrogen) atoms. The molecule has 0 bridgehead atoms. The van der Waals surface area contributed by atoms with E-state index in [1.807, 2.05) is 26.0 Å². The standard InChI is InChI=1S/C10H17N3.ClH/c1-7-5-9(8(2)12)6-10(13-7)3-4-11;/h5-6,8H,3-4,11-12H2,1-2H3;1H. The van der Waals surface area contributed by atoms with E-state index in [-0.39, 0.29) is 18.4 Å². The van der Waals surface area contributed by atoms with E-state index in [0.717, 1.165) is 23.4 Å². The number of aryl methyl sites for hydroxylation is 1. The Bertz CT molecular complexity index is 287. The minimum atomic E-state index is 0. The second-order valence-electron chi connectivity index (χ2n) is 3.36. The second-order valence-corrected chi connectivity index (χ2v) is 3.36. The van der Waals surface area contributed by atoms with Gasteiger partial charge in [0.1, 0.15) is 0 Å². The maximum absolute atomic E-state index is 5.79. The van der Waals surface area contributed by atoms with Crippen molar-refractivity contribution < 1.29 is 0 Å². The first-order valence-corrected chi connectivity index (χ1v) is 4.56. The van der Waals surface area contributed by atoms with E-state index in [2.05, 4.69) is 4.98 Å². The van der Waals surface area contributed by atoms with Gasteiger partial charge in [0.05, 0.1) is 0 Å². The molecule has 1 unspecified atom stereocenters. The predicted molar refractivity (Wildman–Crippen MR) is 61.6 cm³/mol. The fourth-order valence-electron chi connectivity index (χ4n) is 1.31.